The van der Waals surface area contributed by atoms with Gasteiger partial charge in [-0.05, 0) is 25.8 Å². The Hall–Kier alpha value is -0.0800. The van der Waals surface area contributed by atoms with Crippen molar-refractivity contribution >= 4 is 0 Å². The van der Waals surface area contributed by atoms with E-state index in [4.69, 9.17) is 0 Å². The minimum atomic E-state index is 0.722. The molecule has 0 fully saturated rings. The maximum absolute atomic E-state index is 4.25. The summed E-state index contributed by atoms with van der Waals surface area (Å²) in [5.74, 6) is 0.833. The van der Waals surface area contributed by atoms with Gasteiger partial charge in [-0.2, -0.15) is 0 Å². The van der Waals surface area contributed by atoms with Gasteiger partial charge in [0.1, 0.15) is 0 Å². The average Bonchev–Trinajstić information content (AvgIpc) is 2.08. The SMILES string of the molecule is CCCC(C)C(CC)NC.COC. The first-order valence-electron chi connectivity index (χ1n) is 5.25. The molecule has 0 rings (SSSR count). The van der Waals surface area contributed by atoms with Gasteiger partial charge in [-0.25, -0.2) is 0 Å². The quantitative estimate of drug-likeness (QED) is 0.718. The summed E-state index contributed by atoms with van der Waals surface area (Å²) < 4.78 is 4.25. The van der Waals surface area contributed by atoms with Crippen molar-refractivity contribution in [2.75, 3.05) is 21.3 Å². The highest BCUT2D eigenvalue weighted by Gasteiger charge is 2.10. The van der Waals surface area contributed by atoms with Crippen molar-refractivity contribution in [1.82, 2.24) is 5.32 Å². The summed E-state index contributed by atoms with van der Waals surface area (Å²) in [5.41, 5.74) is 0. The van der Waals surface area contributed by atoms with Crippen LogP contribution in [0.5, 0.6) is 0 Å². The van der Waals surface area contributed by atoms with E-state index in [1.165, 1.54) is 19.3 Å². The van der Waals surface area contributed by atoms with E-state index in [-0.39, 0.29) is 0 Å². The maximum atomic E-state index is 4.25. The Balaban J connectivity index is 0. The van der Waals surface area contributed by atoms with Gasteiger partial charge in [-0.15, -0.1) is 0 Å². The maximum Gasteiger partial charge on any atom is 0.0351 e. The summed E-state index contributed by atoms with van der Waals surface area (Å²) in [6, 6.07) is 0.722. The van der Waals surface area contributed by atoms with Gasteiger partial charge in [0.25, 0.3) is 0 Å². The molecular formula is C11H27NO. The lowest BCUT2D eigenvalue weighted by molar-refractivity contribution is 0.277. The lowest BCUT2D eigenvalue weighted by Crippen LogP contribution is -2.31. The zero-order valence-corrected chi connectivity index (χ0v) is 10.2. The van der Waals surface area contributed by atoms with Crippen LogP contribution in [0, 0.1) is 5.92 Å². The van der Waals surface area contributed by atoms with Crippen molar-refractivity contribution < 1.29 is 4.74 Å². The molecule has 13 heavy (non-hydrogen) atoms. The van der Waals surface area contributed by atoms with E-state index < -0.39 is 0 Å². The molecule has 2 atom stereocenters. The van der Waals surface area contributed by atoms with Gasteiger partial charge < -0.3 is 10.1 Å². The average molecular weight is 189 g/mol. The summed E-state index contributed by atoms with van der Waals surface area (Å²) in [7, 11) is 5.31. The van der Waals surface area contributed by atoms with E-state index in [1.807, 2.05) is 0 Å². The summed E-state index contributed by atoms with van der Waals surface area (Å²) in [6.07, 6.45) is 3.90. The van der Waals surface area contributed by atoms with E-state index in [0.29, 0.717) is 0 Å². The van der Waals surface area contributed by atoms with Crippen LogP contribution in [-0.2, 0) is 4.74 Å². The number of hydrogen-bond donors (Lipinski definition) is 1. The summed E-state index contributed by atoms with van der Waals surface area (Å²) in [6.45, 7) is 6.82. The van der Waals surface area contributed by atoms with Crippen LogP contribution in [0.1, 0.15) is 40.0 Å². The first-order valence-corrected chi connectivity index (χ1v) is 5.25. The first kappa shape index (κ1) is 15.4. The van der Waals surface area contributed by atoms with Gasteiger partial charge in [0.05, 0.1) is 0 Å². The molecule has 0 aliphatic heterocycles. The number of hydrogen-bond acceptors (Lipinski definition) is 2. The summed E-state index contributed by atoms with van der Waals surface area (Å²) >= 11 is 0. The molecule has 0 bridgehead atoms. The Morgan fingerprint density at radius 1 is 1.23 bits per heavy atom. The van der Waals surface area contributed by atoms with E-state index in [1.54, 1.807) is 14.2 Å². The minimum Gasteiger partial charge on any atom is -0.388 e. The molecule has 2 heteroatoms. The topological polar surface area (TPSA) is 21.3 Å². The fraction of sp³-hybridized carbons (Fsp3) is 1.00. The normalized spacial score (nSPS) is 14.3. The molecule has 0 aliphatic rings. The van der Waals surface area contributed by atoms with Crippen LogP contribution in [0.3, 0.4) is 0 Å². The zero-order valence-electron chi connectivity index (χ0n) is 10.2. The fourth-order valence-corrected chi connectivity index (χ4v) is 1.55. The molecule has 2 nitrogen and oxygen atoms in total. The lowest BCUT2D eigenvalue weighted by atomic mass is 9.95. The van der Waals surface area contributed by atoms with Crippen molar-refractivity contribution in [3.63, 3.8) is 0 Å². The Kier molecular flexibility index (Phi) is 14.1. The Bertz CT molecular complexity index is 82.2. The molecule has 0 saturated carbocycles. The third kappa shape index (κ3) is 9.84. The highest BCUT2D eigenvalue weighted by atomic mass is 16.4. The molecule has 1 N–H and O–H groups in total. The predicted octanol–water partition coefficient (Wildman–Crippen LogP) is 2.68. The van der Waals surface area contributed by atoms with E-state index in [2.05, 4.69) is 37.9 Å². The van der Waals surface area contributed by atoms with Crippen LogP contribution >= 0.6 is 0 Å². The molecule has 0 heterocycles. The largest absolute Gasteiger partial charge is 0.388 e. The molecule has 0 radical (unpaired) electrons. The molecule has 0 spiro atoms. The highest BCUT2D eigenvalue weighted by Crippen LogP contribution is 2.12. The van der Waals surface area contributed by atoms with Crippen molar-refractivity contribution in [3.8, 4) is 0 Å². The zero-order chi connectivity index (χ0) is 10.7. The van der Waals surface area contributed by atoms with Crippen LogP contribution in [0.25, 0.3) is 0 Å². The van der Waals surface area contributed by atoms with E-state index in [9.17, 15) is 0 Å². The van der Waals surface area contributed by atoms with Gasteiger partial charge in [0.2, 0.25) is 0 Å². The smallest absolute Gasteiger partial charge is 0.0351 e. The van der Waals surface area contributed by atoms with Crippen LogP contribution in [0.2, 0.25) is 0 Å². The predicted molar refractivity (Wildman–Crippen MR) is 60.1 cm³/mol. The van der Waals surface area contributed by atoms with Crippen LogP contribution in [0.4, 0.5) is 0 Å². The second-order valence-corrected chi connectivity index (χ2v) is 3.48. The van der Waals surface area contributed by atoms with Crippen molar-refractivity contribution in [2.24, 2.45) is 5.92 Å². The van der Waals surface area contributed by atoms with Gasteiger partial charge in [0.15, 0.2) is 0 Å². The third-order valence-electron chi connectivity index (χ3n) is 2.24. The molecule has 2 unspecified atom stereocenters. The molecule has 0 aromatic carbocycles. The molecule has 0 aliphatic carbocycles. The van der Waals surface area contributed by atoms with Gasteiger partial charge >= 0.3 is 0 Å². The van der Waals surface area contributed by atoms with Crippen molar-refractivity contribution in [1.29, 1.82) is 0 Å². The number of ether oxygens (including phenoxy) is 1. The summed E-state index contributed by atoms with van der Waals surface area (Å²) in [5, 5.41) is 3.34. The number of nitrogens with one attached hydrogen (secondary N) is 1. The second-order valence-electron chi connectivity index (χ2n) is 3.48. The summed E-state index contributed by atoms with van der Waals surface area (Å²) in [4.78, 5) is 0. The molecule has 0 saturated heterocycles. The van der Waals surface area contributed by atoms with Crippen LogP contribution in [0.15, 0.2) is 0 Å². The lowest BCUT2D eigenvalue weighted by Gasteiger charge is -2.21. The number of methoxy groups -OCH3 is 1. The molecule has 0 amide bonds. The second kappa shape index (κ2) is 11.9. The Labute approximate surface area is 84.1 Å². The van der Waals surface area contributed by atoms with Crippen LogP contribution < -0.4 is 5.32 Å². The highest BCUT2D eigenvalue weighted by molar-refractivity contribution is 4.68. The Morgan fingerprint density at radius 3 is 1.92 bits per heavy atom. The molecule has 0 aromatic heterocycles. The van der Waals surface area contributed by atoms with Crippen molar-refractivity contribution in [2.45, 2.75) is 46.1 Å². The standard InChI is InChI=1S/C9H21N.C2H6O/c1-5-7-8(3)9(6-2)10-4;1-3-2/h8-10H,5-7H2,1-4H3;1-2H3. The Morgan fingerprint density at radius 2 is 1.69 bits per heavy atom. The van der Waals surface area contributed by atoms with Crippen molar-refractivity contribution in [3.05, 3.63) is 0 Å². The van der Waals surface area contributed by atoms with Gasteiger partial charge in [-0.1, -0.05) is 27.2 Å². The molecular weight excluding hydrogens is 162 g/mol. The van der Waals surface area contributed by atoms with Crippen LogP contribution in [-0.4, -0.2) is 27.3 Å². The van der Waals surface area contributed by atoms with E-state index in [0.717, 1.165) is 12.0 Å². The first-order chi connectivity index (χ1) is 6.17. The monoisotopic (exact) mass is 189 g/mol. The van der Waals surface area contributed by atoms with E-state index >= 15 is 0 Å². The molecule has 82 valence electrons. The van der Waals surface area contributed by atoms with Gasteiger partial charge in [0, 0.05) is 20.3 Å². The van der Waals surface area contributed by atoms with Gasteiger partial charge in [-0.3, -0.25) is 0 Å². The minimum absolute atomic E-state index is 0.722. The third-order valence-corrected chi connectivity index (χ3v) is 2.24. The fourth-order valence-electron chi connectivity index (χ4n) is 1.55. The molecule has 0 aromatic rings. The number of rotatable bonds is 5.